The molecule has 1 aromatic heterocycles. The summed E-state index contributed by atoms with van der Waals surface area (Å²) in [7, 11) is 0. The Kier molecular flexibility index (Phi) is 2.78. The Morgan fingerprint density at radius 3 is 2.95 bits per heavy atom. The van der Waals surface area contributed by atoms with Crippen LogP contribution in [0.2, 0.25) is 0 Å². The van der Waals surface area contributed by atoms with Crippen molar-refractivity contribution in [2.75, 3.05) is 4.90 Å². The van der Waals surface area contributed by atoms with Gasteiger partial charge in [-0.3, -0.25) is 19.6 Å². The van der Waals surface area contributed by atoms with Crippen LogP contribution in [0.3, 0.4) is 0 Å². The zero-order chi connectivity index (χ0) is 14.3. The Hall–Kier alpha value is -2.63. The number of nitrogens with zero attached hydrogens (tertiary/aromatic N) is 2. The van der Waals surface area contributed by atoms with Gasteiger partial charge in [-0.25, -0.2) is 0 Å². The van der Waals surface area contributed by atoms with E-state index in [1.165, 1.54) is 0 Å². The molecule has 2 amide bonds. The number of carbonyl (C=O) groups is 2. The third kappa shape index (κ3) is 1.85. The fourth-order valence-corrected chi connectivity index (χ4v) is 2.55. The highest BCUT2D eigenvalue weighted by molar-refractivity contribution is 6.04. The predicted octanol–water partition coefficient (Wildman–Crippen LogP) is 1.45. The van der Waals surface area contributed by atoms with Crippen LogP contribution in [0.15, 0.2) is 35.7 Å². The summed E-state index contributed by atoms with van der Waals surface area (Å²) in [5, 5.41) is 7.73. The van der Waals surface area contributed by atoms with E-state index in [1.807, 2.05) is 18.2 Å². The highest BCUT2D eigenvalue weighted by atomic mass is 16.2. The molecule has 1 aliphatic heterocycles. The SMILES string of the molecule is CC1=C(C(N)=O)CCC(=O)N1c1ccc2[nH]ncc2c1. The quantitative estimate of drug-likeness (QED) is 0.865. The van der Waals surface area contributed by atoms with Crippen molar-refractivity contribution >= 4 is 28.4 Å². The second-order valence-corrected chi connectivity index (χ2v) is 4.80. The molecule has 1 aliphatic rings. The van der Waals surface area contributed by atoms with Gasteiger partial charge in [0, 0.05) is 28.8 Å². The first kappa shape index (κ1) is 12.4. The van der Waals surface area contributed by atoms with Crippen LogP contribution >= 0.6 is 0 Å². The number of aromatic nitrogens is 2. The normalized spacial score (nSPS) is 16.1. The van der Waals surface area contributed by atoms with Gasteiger partial charge in [0.25, 0.3) is 0 Å². The van der Waals surface area contributed by atoms with Crippen LogP contribution in [0.1, 0.15) is 19.8 Å². The summed E-state index contributed by atoms with van der Waals surface area (Å²) in [6.45, 7) is 1.75. The number of aromatic amines is 1. The molecule has 0 bridgehead atoms. The average molecular weight is 270 g/mol. The predicted molar refractivity (Wildman–Crippen MR) is 74.7 cm³/mol. The third-order valence-corrected chi connectivity index (χ3v) is 3.59. The smallest absolute Gasteiger partial charge is 0.246 e. The van der Waals surface area contributed by atoms with Crippen molar-refractivity contribution in [2.24, 2.45) is 5.73 Å². The lowest BCUT2D eigenvalue weighted by Crippen LogP contribution is -2.36. The van der Waals surface area contributed by atoms with Crippen molar-refractivity contribution in [3.63, 3.8) is 0 Å². The summed E-state index contributed by atoms with van der Waals surface area (Å²) in [5.41, 5.74) is 8.11. The zero-order valence-corrected chi connectivity index (χ0v) is 11.0. The molecule has 6 heteroatoms. The Labute approximate surface area is 115 Å². The van der Waals surface area contributed by atoms with Gasteiger partial charge in [0.15, 0.2) is 0 Å². The van der Waals surface area contributed by atoms with Crippen LogP contribution in [-0.2, 0) is 9.59 Å². The van der Waals surface area contributed by atoms with Crippen LogP contribution in [0, 0.1) is 0 Å². The van der Waals surface area contributed by atoms with Gasteiger partial charge in [-0.1, -0.05) is 0 Å². The van der Waals surface area contributed by atoms with Crippen molar-refractivity contribution in [3.05, 3.63) is 35.7 Å². The first-order valence-corrected chi connectivity index (χ1v) is 6.33. The number of benzene rings is 1. The van der Waals surface area contributed by atoms with E-state index in [0.29, 0.717) is 24.1 Å². The molecule has 0 fully saturated rings. The number of amides is 2. The Bertz CT molecular complexity index is 744. The van der Waals surface area contributed by atoms with Crippen molar-refractivity contribution < 1.29 is 9.59 Å². The number of H-pyrrole nitrogens is 1. The molecule has 0 spiro atoms. The van der Waals surface area contributed by atoms with Crippen LogP contribution in [0.25, 0.3) is 10.9 Å². The minimum atomic E-state index is -0.468. The molecule has 2 aromatic rings. The van der Waals surface area contributed by atoms with E-state index >= 15 is 0 Å². The van der Waals surface area contributed by atoms with Crippen LogP contribution in [0.4, 0.5) is 5.69 Å². The molecule has 102 valence electrons. The van der Waals surface area contributed by atoms with Gasteiger partial charge in [0.05, 0.1) is 11.7 Å². The van der Waals surface area contributed by atoms with E-state index in [4.69, 9.17) is 5.73 Å². The molecule has 0 radical (unpaired) electrons. The average Bonchev–Trinajstić information content (AvgIpc) is 2.85. The lowest BCUT2D eigenvalue weighted by atomic mass is 10.0. The Balaban J connectivity index is 2.12. The number of anilines is 1. The molecule has 0 unspecified atom stereocenters. The topological polar surface area (TPSA) is 92.1 Å². The molecule has 1 aromatic carbocycles. The van der Waals surface area contributed by atoms with E-state index in [1.54, 1.807) is 18.0 Å². The minimum Gasteiger partial charge on any atom is -0.366 e. The monoisotopic (exact) mass is 270 g/mol. The van der Waals surface area contributed by atoms with E-state index in [-0.39, 0.29) is 5.91 Å². The van der Waals surface area contributed by atoms with Gasteiger partial charge in [-0.05, 0) is 31.5 Å². The summed E-state index contributed by atoms with van der Waals surface area (Å²) < 4.78 is 0. The minimum absolute atomic E-state index is 0.0321. The number of nitrogens with two attached hydrogens (primary N) is 1. The highest BCUT2D eigenvalue weighted by Gasteiger charge is 2.27. The lowest BCUT2D eigenvalue weighted by molar-refractivity contribution is -0.118. The number of rotatable bonds is 2. The first-order chi connectivity index (χ1) is 9.58. The fraction of sp³-hybridized carbons (Fsp3) is 0.214. The Morgan fingerprint density at radius 2 is 2.20 bits per heavy atom. The van der Waals surface area contributed by atoms with Gasteiger partial charge >= 0.3 is 0 Å². The number of primary amides is 1. The number of allylic oxidation sites excluding steroid dienone is 1. The van der Waals surface area contributed by atoms with Gasteiger partial charge in [-0.2, -0.15) is 5.10 Å². The summed E-state index contributed by atoms with van der Waals surface area (Å²) in [4.78, 5) is 25.1. The maximum atomic E-state index is 12.2. The Morgan fingerprint density at radius 1 is 1.40 bits per heavy atom. The number of fused-ring (bicyclic) bond motifs is 1. The molecule has 6 nitrogen and oxygen atoms in total. The van der Waals surface area contributed by atoms with Gasteiger partial charge in [0.2, 0.25) is 11.8 Å². The fourth-order valence-electron chi connectivity index (χ4n) is 2.55. The number of hydrogen-bond donors (Lipinski definition) is 2. The molecule has 0 atom stereocenters. The van der Waals surface area contributed by atoms with Gasteiger partial charge in [-0.15, -0.1) is 0 Å². The highest BCUT2D eigenvalue weighted by Crippen LogP contribution is 2.30. The number of nitrogens with one attached hydrogen (secondary N) is 1. The van der Waals surface area contributed by atoms with Crippen molar-refractivity contribution in [1.82, 2.24) is 10.2 Å². The molecular formula is C14H14N4O2. The summed E-state index contributed by atoms with van der Waals surface area (Å²) in [5.74, 6) is -0.500. The second kappa shape index (κ2) is 4.48. The molecule has 3 N–H and O–H groups in total. The van der Waals surface area contributed by atoms with Gasteiger partial charge in [0.1, 0.15) is 0 Å². The largest absolute Gasteiger partial charge is 0.366 e. The molecule has 0 saturated carbocycles. The molecule has 3 rings (SSSR count). The van der Waals surface area contributed by atoms with Crippen LogP contribution in [0.5, 0.6) is 0 Å². The summed E-state index contributed by atoms with van der Waals surface area (Å²) in [6.07, 6.45) is 2.39. The van der Waals surface area contributed by atoms with Crippen LogP contribution in [-0.4, -0.2) is 22.0 Å². The van der Waals surface area contributed by atoms with E-state index in [2.05, 4.69) is 10.2 Å². The van der Waals surface area contributed by atoms with E-state index in [0.717, 1.165) is 16.6 Å². The maximum Gasteiger partial charge on any atom is 0.246 e. The second-order valence-electron chi connectivity index (χ2n) is 4.80. The molecule has 20 heavy (non-hydrogen) atoms. The number of carbonyl (C=O) groups excluding carboxylic acids is 2. The van der Waals surface area contributed by atoms with Crippen molar-refractivity contribution in [1.29, 1.82) is 0 Å². The van der Waals surface area contributed by atoms with Crippen LogP contribution < -0.4 is 10.6 Å². The molecule has 2 heterocycles. The first-order valence-electron chi connectivity index (χ1n) is 6.33. The van der Waals surface area contributed by atoms with E-state index in [9.17, 15) is 9.59 Å². The molecular weight excluding hydrogens is 256 g/mol. The maximum absolute atomic E-state index is 12.2. The summed E-state index contributed by atoms with van der Waals surface area (Å²) >= 11 is 0. The third-order valence-electron chi connectivity index (χ3n) is 3.59. The molecule has 0 saturated heterocycles. The van der Waals surface area contributed by atoms with Gasteiger partial charge < -0.3 is 5.73 Å². The lowest BCUT2D eigenvalue weighted by Gasteiger charge is -2.29. The zero-order valence-electron chi connectivity index (χ0n) is 11.0. The standard InChI is InChI=1S/C14H14N4O2/c1-8-11(14(15)20)3-5-13(19)18(8)10-2-4-12-9(6-10)7-16-17-12/h2,4,6-7H,3,5H2,1H3,(H2,15,20)(H,16,17). The van der Waals surface area contributed by atoms with E-state index < -0.39 is 5.91 Å². The summed E-state index contributed by atoms with van der Waals surface area (Å²) in [6, 6.07) is 5.55. The van der Waals surface area contributed by atoms with Crippen molar-refractivity contribution in [2.45, 2.75) is 19.8 Å². The van der Waals surface area contributed by atoms with Crippen molar-refractivity contribution in [3.8, 4) is 0 Å². The number of hydrogen-bond acceptors (Lipinski definition) is 3. The molecule has 0 aliphatic carbocycles.